The van der Waals surface area contributed by atoms with Crippen LogP contribution in [0.3, 0.4) is 0 Å². The molecule has 1 rings (SSSR count). The molecule has 1 aromatic carbocycles. The maximum Gasteiger partial charge on any atom is 0.335 e. The molecule has 0 fully saturated rings. The maximum atomic E-state index is 12.4. The van der Waals surface area contributed by atoms with Crippen LogP contribution in [0.2, 0.25) is 5.02 Å². The number of aliphatic hydroxyl groups is 1. The Morgan fingerprint density at radius 2 is 2.05 bits per heavy atom. The van der Waals surface area contributed by atoms with Gasteiger partial charge in [0, 0.05) is 19.7 Å². The van der Waals surface area contributed by atoms with Crippen molar-refractivity contribution in [2.45, 2.75) is 18.2 Å². The van der Waals surface area contributed by atoms with Crippen LogP contribution in [0.4, 0.5) is 0 Å². The molecule has 0 atom stereocenters. The highest BCUT2D eigenvalue weighted by Gasteiger charge is 2.26. The van der Waals surface area contributed by atoms with Gasteiger partial charge in [-0.05, 0) is 24.6 Å². The van der Waals surface area contributed by atoms with E-state index in [0.29, 0.717) is 6.42 Å². The van der Waals surface area contributed by atoms with E-state index >= 15 is 0 Å². The number of hydrogen-bond acceptors (Lipinski definition) is 4. The molecule has 0 aromatic heterocycles. The molecule has 2 N–H and O–H groups in total. The molecule has 0 aliphatic heterocycles. The van der Waals surface area contributed by atoms with E-state index < -0.39 is 16.0 Å². The van der Waals surface area contributed by atoms with Crippen LogP contribution in [0.15, 0.2) is 23.1 Å². The molecule has 1 aromatic rings. The minimum Gasteiger partial charge on any atom is -0.478 e. The summed E-state index contributed by atoms with van der Waals surface area (Å²) >= 11 is 5.87. The fraction of sp³-hybridized carbons (Fsp3) is 0.417. The van der Waals surface area contributed by atoms with Crippen LogP contribution in [0.1, 0.15) is 23.7 Å². The molecule has 112 valence electrons. The normalized spacial score (nSPS) is 11.8. The summed E-state index contributed by atoms with van der Waals surface area (Å²) < 4.78 is 26.0. The second-order valence-electron chi connectivity index (χ2n) is 4.02. The largest absolute Gasteiger partial charge is 0.478 e. The summed E-state index contributed by atoms with van der Waals surface area (Å²) in [5, 5.41) is 17.7. The van der Waals surface area contributed by atoms with Gasteiger partial charge in [0.25, 0.3) is 0 Å². The third-order valence-corrected chi connectivity index (χ3v) is 5.17. The Hall–Kier alpha value is -1.15. The van der Waals surface area contributed by atoms with Gasteiger partial charge in [-0.2, -0.15) is 4.31 Å². The average molecular weight is 322 g/mol. The number of nitrogens with zero attached hydrogens (tertiary/aromatic N) is 1. The molecule has 0 spiro atoms. The zero-order valence-corrected chi connectivity index (χ0v) is 12.5. The van der Waals surface area contributed by atoms with Crippen molar-refractivity contribution in [1.29, 1.82) is 0 Å². The summed E-state index contributed by atoms with van der Waals surface area (Å²) in [7, 11) is -3.88. The number of aliphatic hydroxyl groups excluding tert-OH is 1. The fourth-order valence-electron chi connectivity index (χ4n) is 1.67. The van der Waals surface area contributed by atoms with E-state index in [9.17, 15) is 13.2 Å². The first-order valence-electron chi connectivity index (χ1n) is 5.98. The first kappa shape index (κ1) is 16.9. The third-order valence-electron chi connectivity index (χ3n) is 2.71. The van der Waals surface area contributed by atoms with Gasteiger partial charge in [-0.3, -0.25) is 0 Å². The summed E-state index contributed by atoms with van der Waals surface area (Å²) in [6.07, 6.45) is 0.295. The minimum absolute atomic E-state index is 0.0301. The van der Waals surface area contributed by atoms with Crippen molar-refractivity contribution in [3.63, 3.8) is 0 Å². The van der Waals surface area contributed by atoms with Gasteiger partial charge in [0.15, 0.2) is 0 Å². The van der Waals surface area contributed by atoms with Crippen LogP contribution in [-0.2, 0) is 10.0 Å². The first-order chi connectivity index (χ1) is 9.34. The van der Waals surface area contributed by atoms with Gasteiger partial charge in [0.2, 0.25) is 10.0 Å². The van der Waals surface area contributed by atoms with E-state index in [-0.39, 0.29) is 35.2 Å². The Balaban J connectivity index is 3.26. The lowest BCUT2D eigenvalue weighted by molar-refractivity contribution is 0.0696. The Morgan fingerprint density at radius 3 is 2.55 bits per heavy atom. The van der Waals surface area contributed by atoms with E-state index in [1.165, 1.54) is 12.1 Å². The number of carboxylic acid groups (broad SMARTS) is 1. The van der Waals surface area contributed by atoms with Gasteiger partial charge in [0.1, 0.15) is 4.90 Å². The number of aromatic carboxylic acids is 1. The van der Waals surface area contributed by atoms with Gasteiger partial charge in [0.05, 0.1) is 10.6 Å². The summed E-state index contributed by atoms with van der Waals surface area (Å²) in [6.45, 7) is 1.87. The Morgan fingerprint density at radius 1 is 1.40 bits per heavy atom. The van der Waals surface area contributed by atoms with Crippen molar-refractivity contribution >= 4 is 27.6 Å². The SMILES string of the molecule is CCN(CCCO)S(=O)(=O)c1cc(C(=O)O)ccc1Cl. The molecule has 0 bridgehead atoms. The lowest BCUT2D eigenvalue weighted by Gasteiger charge is -2.20. The highest BCUT2D eigenvalue weighted by atomic mass is 35.5. The van der Waals surface area contributed by atoms with E-state index in [1.807, 2.05) is 0 Å². The molecule has 0 heterocycles. The van der Waals surface area contributed by atoms with E-state index in [4.69, 9.17) is 21.8 Å². The Kier molecular flexibility index (Phi) is 5.94. The molecule has 0 saturated carbocycles. The average Bonchev–Trinajstić information content (AvgIpc) is 2.39. The van der Waals surface area contributed by atoms with Gasteiger partial charge >= 0.3 is 5.97 Å². The number of benzene rings is 1. The second-order valence-corrected chi connectivity index (χ2v) is 6.34. The molecular weight excluding hydrogens is 306 g/mol. The lowest BCUT2D eigenvalue weighted by Crippen LogP contribution is -2.32. The smallest absolute Gasteiger partial charge is 0.335 e. The predicted octanol–water partition coefficient (Wildman–Crippen LogP) is 1.43. The molecule has 0 saturated heterocycles. The van der Waals surface area contributed by atoms with E-state index in [2.05, 4.69) is 0 Å². The van der Waals surface area contributed by atoms with Gasteiger partial charge < -0.3 is 10.2 Å². The second kappa shape index (κ2) is 7.03. The van der Waals surface area contributed by atoms with Crippen molar-refractivity contribution in [3.05, 3.63) is 28.8 Å². The first-order valence-corrected chi connectivity index (χ1v) is 7.80. The maximum absolute atomic E-state index is 12.4. The molecule has 0 radical (unpaired) electrons. The number of carboxylic acids is 1. The molecule has 20 heavy (non-hydrogen) atoms. The van der Waals surface area contributed by atoms with Crippen molar-refractivity contribution < 1.29 is 23.4 Å². The summed E-state index contributed by atoms with van der Waals surface area (Å²) in [5.74, 6) is -1.23. The minimum atomic E-state index is -3.88. The standard InChI is InChI=1S/C12H16ClNO5S/c1-2-14(6-3-7-15)20(18,19)11-8-9(12(16)17)4-5-10(11)13/h4-5,8,15H,2-3,6-7H2,1H3,(H,16,17). The summed E-state index contributed by atoms with van der Waals surface area (Å²) in [4.78, 5) is 10.7. The zero-order valence-electron chi connectivity index (χ0n) is 10.9. The van der Waals surface area contributed by atoms with Crippen LogP contribution >= 0.6 is 11.6 Å². The monoisotopic (exact) mass is 321 g/mol. The van der Waals surface area contributed by atoms with Crippen LogP contribution in [0, 0.1) is 0 Å². The number of sulfonamides is 1. The molecule has 0 unspecified atom stereocenters. The highest BCUT2D eigenvalue weighted by Crippen LogP contribution is 2.26. The van der Waals surface area contributed by atoms with Crippen LogP contribution in [0.5, 0.6) is 0 Å². The Bertz CT molecular complexity index is 588. The van der Waals surface area contributed by atoms with E-state index in [0.717, 1.165) is 10.4 Å². The quantitative estimate of drug-likeness (QED) is 0.792. The number of carbonyl (C=O) groups is 1. The highest BCUT2D eigenvalue weighted by molar-refractivity contribution is 7.89. The van der Waals surface area contributed by atoms with Crippen LogP contribution < -0.4 is 0 Å². The molecular formula is C12H16ClNO5S. The van der Waals surface area contributed by atoms with Crippen molar-refractivity contribution in [2.24, 2.45) is 0 Å². The van der Waals surface area contributed by atoms with Crippen LogP contribution in [-0.4, -0.2) is 48.6 Å². The molecule has 6 nitrogen and oxygen atoms in total. The lowest BCUT2D eigenvalue weighted by atomic mass is 10.2. The number of rotatable bonds is 7. The van der Waals surface area contributed by atoms with Crippen molar-refractivity contribution in [3.8, 4) is 0 Å². The van der Waals surface area contributed by atoms with Gasteiger partial charge in [-0.15, -0.1) is 0 Å². The molecule has 0 aliphatic rings. The van der Waals surface area contributed by atoms with Gasteiger partial charge in [-0.1, -0.05) is 18.5 Å². The summed E-state index contributed by atoms with van der Waals surface area (Å²) in [6, 6.07) is 3.53. The number of hydrogen-bond donors (Lipinski definition) is 2. The molecule has 0 aliphatic carbocycles. The Labute approximate surface area is 122 Å². The van der Waals surface area contributed by atoms with Crippen LogP contribution in [0.25, 0.3) is 0 Å². The topological polar surface area (TPSA) is 94.9 Å². The molecule has 0 amide bonds. The number of halogens is 1. The van der Waals surface area contributed by atoms with Crippen molar-refractivity contribution in [2.75, 3.05) is 19.7 Å². The van der Waals surface area contributed by atoms with E-state index in [1.54, 1.807) is 6.92 Å². The zero-order chi connectivity index (χ0) is 15.3. The van der Waals surface area contributed by atoms with Crippen molar-refractivity contribution in [1.82, 2.24) is 4.31 Å². The summed E-state index contributed by atoms with van der Waals surface area (Å²) in [5.41, 5.74) is -0.147. The molecule has 8 heteroatoms. The predicted molar refractivity (Wildman–Crippen MR) is 74.5 cm³/mol. The third kappa shape index (κ3) is 3.69. The fourth-order valence-corrected chi connectivity index (χ4v) is 3.66. The van der Waals surface area contributed by atoms with Gasteiger partial charge in [-0.25, -0.2) is 13.2 Å².